The molecule has 2 aromatic rings. The fourth-order valence-corrected chi connectivity index (χ4v) is 5.55. The maximum atomic E-state index is 6.71. The summed E-state index contributed by atoms with van der Waals surface area (Å²) in [6.45, 7) is 3.57. The van der Waals surface area contributed by atoms with Crippen molar-refractivity contribution in [2.45, 2.75) is 50.1 Å². The van der Waals surface area contributed by atoms with Crippen molar-refractivity contribution in [2.24, 2.45) is 5.73 Å². The second-order valence-electron chi connectivity index (χ2n) is 8.53. The number of morpholine rings is 1. The Hall–Kier alpha value is -1.73. The van der Waals surface area contributed by atoms with E-state index in [1.165, 1.54) is 25.7 Å². The predicted molar refractivity (Wildman–Crippen MR) is 128 cm³/mol. The molecular formula is C23H29Cl2N5O. The van der Waals surface area contributed by atoms with Gasteiger partial charge in [-0.2, -0.15) is 0 Å². The van der Waals surface area contributed by atoms with E-state index in [4.69, 9.17) is 38.7 Å². The molecule has 1 atom stereocenters. The monoisotopic (exact) mass is 461 g/mol. The Balaban J connectivity index is 1.69. The maximum Gasteiger partial charge on any atom is 0.162 e. The number of alkyl halides is 1. The lowest BCUT2D eigenvalue weighted by atomic mass is 9.95. The molecule has 1 aliphatic heterocycles. The van der Waals surface area contributed by atoms with Crippen LogP contribution in [0, 0.1) is 0 Å². The summed E-state index contributed by atoms with van der Waals surface area (Å²) in [5.41, 5.74) is 11.4. The fourth-order valence-electron chi connectivity index (χ4n) is 4.91. The van der Waals surface area contributed by atoms with Crippen LogP contribution in [0.4, 0.5) is 11.5 Å². The number of nitrogens with two attached hydrogens (primary N) is 1. The summed E-state index contributed by atoms with van der Waals surface area (Å²) < 4.78 is 7.74. The third kappa shape index (κ3) is 4.07. The number of fused-ring (bicyclic) bond motifs is 1. The van der Waals surface area contributed by atoms with Crippen molar-refractivity contribution in [1.29, 1.82) is 0 Å². The van der Waals surface area contributed by atoms with Gasteiger partial charge in [-0.1, -0.05) is 36.6 Å². The van der Waals surface area contributed by atoms with Gasteiger partial charge < -0.3 is 20.7 Å². The second-order valence-corrected chi connectivity index (χ2v) is 9.55. The molecule has 0 bridgehead atoms. The van der Waals surface area contributed by atoms with E-state index in [0.717, 1.165) is 65.2 Å². The van der Waals surface area contributed by atoms with E-state index in [2.05, 4.69) is 20.8 Å². The van der Waals surface area contributed by atoms with Crippen molar-refractivity contribution in [2.75, 3.05) is 36.5 Å². The topological polar surface area (TPSA) is 67.8 Å². The molecule has 3 heterocycles. The van der Waals surface area contributed by atoms with Gasteiger partial charge in [-0.3, -0.25) is 4.40 Å². The number of pyridine rings is 1. The first-order chi connectivity index (χ1) is 15.2. The predicted octanol–water partition coefficient (Wildman–Crippen LogP) is 4.50. The summed E-state index contributed by atoms with van der Waals surface area (Å²) in [4.78, 5) is 7.17. The SMILES string of the molecule is NCc1c(C2=C(Cl)CC(Cl)C=C2)cn2c(N3CCOCC3)cnc2c1NC1CCCC1. The van der Waals surface area contributed by atoms with Gasteiger partial charge in [0.1, 0.15) is 5.82 Å². The maximum absolute atomic E-state index is 6.71. The van der Waals surface area contributed by atoms with Crippen LogP contribution >= 0.6 is 23.2 Å². The van der Waals surface area contributed by atoms with Crippen LogP contribution in [-0.2, 0) is 11.3 Å². The molecule has 1 saturated carbocycles. The quantitative estimate of drug-likeness (QED) is 0.641. The van der Waals surface area contributed by atoms with Gasteiger partial charge in [-0.15, -0.1) is 11.6 Å². The average Bonchev–Trinajstić information content (AvgIpc) is 3.44. The first-order valence-electron chi connectivity index (χ1n) is 11.2. The molecule has 0 radical (unpaired) electrons. The molecule has 0 spiro atoms. The van der Waals surface area contributed by atoms with E-state index < -0.39 is 0 Å². The summed E-state index contributed by atoms with van der Waals surface area (Å²) in [7, 11) is 0. The summed E-state index contributed by atoms with van der Waals surface area (Å²) in [5, 5.41) is 4.50. The number of aromatic nitrogens is 2. The van der Waals surface area contributed by atoms with Crippen LogP contribution in [0.3, 0.4) is 0 Å². The van der Waals surface area contributed by atoms with Gasteiger partial charge in [0.05, 0.1) is 30.5 Å². The lowest BCUT2D eigenvalue weighted by Gasteiger charge is -2.29. The molecule has 31 heavy (non-hydrogen) atoms. The average molecular weight is 462 g/mol. The van der Waals surface area contributed by atoms with E-state index >= 15 is 0 Å². The molecule has 2 fully saturated rings. The van der Waals surface area contributed by atoms with Crippen molar-refractivity contribution in [3.05, 3.63) is 40.7 Å². The van der Waals surface area contributed by atoms with E-state index in [1.807, 2.05) is 18.3 Å². The van der Waals surface area contributed by atoms with Crippen LogP contribution in [0.15, 0.2) is 29.6 Å². The minimum absolute atomic E-state index is 0.0745. The number of allylic oxidation sites excluding steroid dienone is 4. The number of nitrogens with one attached hydrogen (secondary N) is 1. The standard InChI is InChI=1S/C23H29Cl2N5O/c24-15-5-6-17(20(25)11-15)19-14-30-21(29-7-9-31-10-8-29)13-27-23(30)22(18(19)12-26)28-16-3-1-2-4-16/h5-6,13-16,28H,1-4,7-12,26H2. The molecule has 6 nitrogen and oxygen atoms in total. The van der Waals surface area contributed by atoms with Crippen LogP contribution in [0.2, 0.25) is 0 Å². The first-order valence-corrected chi connectivity index (χ1v) is 12.0. The van der Waals surface area contributed by atoms with Crippen LogP contribution in [-0.4, -0.2) is 47.1 Å². The minimum atomic E-state index is -0.0745. The Morgan fingerprint density at radius 2 is 2.00 bits per heavy atom. The van der Waals surface area contributed by atoms with Crippen molar-refractivity contribution >= 4 is 45.9 Å². The first kappa shape index (κ1) is 21.1. The molecule has 3 aliphatic rings. The number of hydrogen-bond donors (Lipinski definition) is 2. The van der Waals surface area contributed by atoms with Crippen molar-refractivity contribution in [1.82, 2.24) is 9.38 Å². The zero-order valence-electron chi connectivity index (χ0n) is 17.6. The molecular weight excluding hydrogens is 433 g/mol. The fraction of sp³-hybridized carbons (Fsp3) is 0.522. The summed E-state index contributed by atoms with van der Waals surface area (Å²) in [6.07, 6.45) is 13.7. The van der Waals surface area contributed by atoms with Crippen LogP contribution < -0.4 is 16.0 Å². The highest BCUT2D eigenvalue weighted by atomic mass is 35.5. The van der Waals surface area contributed by atoms with Crippen LogP contribution in [0.5, 0.6) is 0 Å². The van der Waals surface area contributed by atoms with Crippen molar-refractivity contribution in [3.63, 3.8) is 0 Å². The zero-order valence-corrected chi connectivity index (χ0v) is 19.1. The molecule has 5 rings (SSSR count). The zero-order chi connectivity index (χ0) is 21.4. The highest BCUT2D eigenvalue weighted by molar-refractivity contribution is 6.35. The molecule has 3 N–H and O–H groups in total. The largest absolute Gasteiger partial charge is 0.379 e. The van der Waals surface area contributed by atoms with E-state index in [0.29, 0.717) is 19.0 Å². The minimum Gasteiger partial charge on any atom is -0.379 e. The molecule has 1 unspecified atom stereocenters. The Labute approximate surface area is 193 Å². The Kier molecular flexibility index (Phi) is 6.15. The number of hydrogen-bond acceptors (Lipinski definition) is 5. The second kappa shape index (κ2) is 9.02. The molecule has 1 saturated heterocycles. The Morgan fingerprint density at radius 3 is 2.71 bits per heavy atom. The van der Waals surface area contributed by atoms with Gasteiger partial charge in [0.25, 0.3) is 0 Å². The van der Waals surface area contributed by atoms with E-state index in [1.54, 1.807) is 0 Å². The molecule has 2 aromatic heterocycles. The third-order valence-electron chi connectivity index (χ3n) is 6.56. The summed E-state index contributed by atoms with van der Waals surface area (Å²) in [5.74, 6) is 1.07. The number of nitrogens with zero attached hydrogens (tertiary/aromatic N) is 3. The number of imidazole rings is 1. The summed E-state index contributed by atoms with van der Waals surface area (Å²) in [6, 6.07) is 0.450. The molecule has 166 valence electrons. The molecule has 8 heteroatoms. The van der Waals surface area contributed by atoms with E-state index in [-0.39, 0.29) is 5.38 Å². The van der Waals surface area contributed by atoms with Gasteiger partial charge in [0, 0.05) is 54.5 Å². The highest BCUT2D eigenvalue weighted by Gasteiger charge is 2.25. The van der Waals surface area contributed by atoms with Gasteiger partial charge in [-0.25, -0.2) is 4.98 Å². The Morgan fingerprint density at radius 1 is 1.23 bits per heavy atom. The summed E-state index contributed by atoms with van der Waals surface area (Å²) >= 11 is 13.0. The van der Waals surface area contributed by atoms with Gasteiger partial charge >= 0.3 is 0 Å². The van der Waals surface area contributed by atoms with Gasteiger partial charge in [0.2, 0.25) is 0 Å². The van der Waals surface area contributed by atoms with Crippen molar-refractivity contribution < 1.29 is 4.74 Å². The number of rotatable bonds is 5. The van der Waals surface area contributed by atoms with Crippen LogP contribution in [0.1, 0.15) is 43.2 Å². The third-order valence-corrected chi connectivity index (χ3v) is 7.21. The smallest absolute Gasteiger partial charge is 0.162 e. The lowest BCUT2D eigenvalue weighted by molar-refractivity contribution is 0.122. The number of halogens is 2. The number of anilines is 2. The normalized spacial score (nSPS) is 22.7. The molecule has 0 amide bonds. The number of ether oxygens (including phenoxy) is 1. The van der Waals surface area contributed by atoms with Crippen LogP contribution in [0.25, 0.3) is 11.2 Å². The van der Waals surface area contributed by atoms with E-state index in [9.17, 15) is 0 Å². The lowest BCUT2D eigenvalue weighted by Crippen LogP contribution is -2.37. The Bertz CT molecular complexity index is 1020. The van der Waals surface area contributed by atoms with Gasteiger partial charge in [-0.05, 0) is 18.4 Å². The van der Waals surface area contributed by atoms with Gasteiger partial charge in [0.15, 0.2) is 5.65 Å². The molecule has 0 aromatic carbocycles. The molecule has 2 aliphatic carbocycles. The highest BCUT2D eigenvalue weighted by Crippen LogP contribution is 2.39. The van der Waals surface area contributed by atoms with Crippen molar-refractivity contribution in [3.8, 4) is 0 Å².